The van der Waals surface area contributed by atoms with Gasteiger partial charge in [-0.25, -0.2) is 4.98 Å². The van der Waals surface area contributed by atoms with Crippen molar-refractivity contribution in [3.63, 3.8) is 0 Å². The van der Waals surface area contributed by atoms with Gasteiger partial charge >= 0.3 is 0 Å². The van der Waals surface area contributed by atoms with Crippen LogP contribution in [0, 0.1) is 6.92 Å². The van der Waals surface area contributed by atoms with Gasteiger partial charge in [0.1, 0.15) is 0 Å². The standard InChI is InChI=1S/C10H16N2S2/c1-8-6-12-10(14-8)2-4-11-9-3-5-13-7-9/h6,9,11H,2-5,7H2,1H3. The molecule has 0 aromatic carbocycles. The molecule has 0 aliphatic carbocycles. The molecule has 1 atom stereocenters. The highest BCUT2D eigenvalue weighted by Crippen LogP contribution is 2.17. The van der Waals surface area contributed by atoms with Gasteiger partial charge in [-0.05, 0) is 19.1 Å². The van der Waals surface area contributed by atoms with Crippen molar-refractivity contribution >= 4 is 23.1 Å². The van der Waals surface area contributed by atoms with Crippen molar-refractivity contribution in [2.24, 2.45) is 0 Å². The molecule has 1 aliphatic heterocycles. The molecule has 0 saturated carbocycles. The van der Waals surface area contributed by atoms with Crippen LogP contribution in [0.15, 0.2) is 6.20 Å². The average molecular weight is 228 g/mol. The minimum atomic E-state index is 0.751. The molecule has 4 heteroatoms. The maximum Gasteiger partial charge on any atom is 0.0940 e. The zero-order valence-corrected chi connectivity index (χ0v) is 10.1. The van der Waals surface area contributed by atoms with Crippen LogP contribution in [0.3, 0.4) is 0 Å². The van der Waals surface area contributed by atoms with Crippen LogP contribution in [0.4, 0.5) is 0 Å². The molecule has 1 unspecified atom stereocenters. The predicted molar refractivity (Wildman–Crippen MR) is 64.3 cm³/mol. The van der Waals surface area contributed by atoms with Gasteiger partial charge in [-0.3, -0.25) is 0 Å². The lowest BCUT2D eigenvalue weighted by atomic mass is 10.2. The fourth-order valence-electron chi connectivity index (χ4n) is 1.60. The number of hydrogen-bond acceptors (Lipinski definition) is 4. The van der Waals surface area contributed by atoms with Crippen LogP contribution in [-0.4, -0.2) is 29.1 Å². The molecule has 1 aromatic heterocycles. The summed E-state index contributed by atoms with van der Waals surface area (Å²) in [5.74, 6) is 2.62. The van der Waals surface area contributed by atoms with E-state index < -0.39 is 0 Å². The number of aromatic nitrogens is 1. The van der Waals surface area contributed by atoms with Crippen molar-refractivity contribution < 1.29 is 0 Å². The number of nitrogens with one attached hydrogen (secondary N) is 1. The molecule has 2 nitrogen and oxygen atoms in total. The first-order valence-corrected chi connectivity index (χ1v) is 7.04. The molecule has 0 radical (unpaired) electrons. The second kappa shape index (κ2) is 5.14. The van der Waals surface area contributed by atoms with Gasteiger partial charge in [-0.2, -0.15) is 11.8 Å². The highest BCUT2D eigenvalue weighted by molar-refractivity contribution is 7.99. The maximum atomic E-state index is 4.35. The first kappa shape index (κ1) is 10.5. The summed E-state index contributed by atoms with van der Waals surface area (Å²) < 4.78 is 0. The lowest BCUT2D eigenvalue weighted by molar-refractivity contribution is 0.560. The molecule has 78 valence electrons. The third kappa shape index (κ3) is 2.97. The Kier molecular flexibility index (Phi) is 3.84. The van der Waals surface area contributed by atoms with Crippen LogP contribution >= 0.6 is 23.1 Å². The van der Waals surface area contributed by atoms with Crippen molar-refractivity contribution in [1.29, 1.82) is 0 Å². The molecule has 2 heterocycles. The van der Waals surface area contributed by atoms with Crippen LogP contribution in [0.5, 0.6) is 0 Å². The van der Waals surface area contributed by atoms with Gasteiger partial charge in [-0.1, -0.05) is 0 Å². The van der Waals surface area contributed by atoms with Crippen molar-refractivity contribution in [2.75, 3.05) is 18.1 Å². The third-order valence-corrected chi connectivity index (χ3v) is 4.51. The Hall–Kier alpha value is -0.0600. The SMILES string of the molecule is Cc1cnc(CCNC2CCSC2)s1. The van der Waals surface area contributed by atoms with Gasteiger partial charge < -0.3 is 5.32 Å². The summed E-state index contributed by atoms with van der Waals surface area (Å²) in [6.45, 7) is 3.19. The third-order valence-electron chi connectivity index (χ3n) is 2.37. The summed E-state index contributed by atoms with van der Waals surface area (Å²) in [4.78, 5) is 5.67. The van der Waals surface area contributed by atoms with E-state index in [4.69, 9.17) is 0 Å². The molecular weight excluding hydrogens is 212 g/mol. The Morgan fingerprint density at radius 1 is 1.64 bits per heavy atom. The molecule has 0 amide bonds. The lowest BCUT2D eigenvalue weighted by Gasteiger charge is -2.09. The summed E-state index contributed by atoms with van der Waals surface area (Å²) in [5.41, 5.74) is 0. The van der Waals surface area contributed by atoms with E-state index in [1.807, 2.05) is 17.5 Å². The van der Waals surface area contributed by atoms with Crippen molar-refractivity contribution in [3.05, 3.63) is 16.1 Å². The lowest BCUT2D eigenvalue weighted by Crippen LogP contribution is -2.30. The fraction of sp³-hybridized carbons (Fsp3) is 0.700. The topological polar surface area (TPSA) is 24.9 Å². The van der Waals surface area contributed by atoms with Crippen LogP contribution in [0.25, 0.3) is 0 Å². The molecule has 0 spiro atoms. The molecule has 0 bridgehead atoms. The Morgan fingerprint density at radius 3 is 3.21 bits per heavy atom. The number of thiazole rings is 1. The summed E-state index contributed by atoms with van der Waals surface area (Å²) in [6, 6.07) is 0.751. The normalized spacial score (nSPS) is 21.6. The van der Waals surface area contributed by atoms with Crippen molar-refractivity contribution in [3.8, 4) is 0 Å². The second-order valence-corrected chi connectivity index (χ2v) is 6.10. The van der Waals surface area contributed by atoms with Crippen LogP contribution in [0.1, 0.15) is 16.3 Å². The Labute approximate surface area is 93.5 Å². The van der Waals surface area contributed by atoms with E-state index in [0.29, 0.717) is 0 Å². The number of thioether (sulfide) groups is 1. The molecule has 1 fully saturated rings. The van der Waals surface area contributed by atoms with E-state index in [2.05, 4.69) is 29.0 Å². The molecule has 1 aliphatic rings. The minimum absolute atomic E-state index is 0.751. The van der Waals surface area contributed by atoms with Crippen LogP contribution in [0.2, 0.25) is 0 Å². The van der Waals surface area contributed by atoms with Crippen LogP contribution < -0.4 is 5.32 Å². The summed E-state index contributed by atoms with van der Waals surface area (Å²) in [7, 11) is 0. The van der Waals surface area contributed by atoms with Crippen LogP contribution in [-0.2, 0) is 6.42 Å². The predicted octanol–water partition coefficient (Wildman–Crippen LogP) is 2.09. The first-order valence-electron chi connectivity index (χ1n) is 5.07. The quantitative estimate of drug-likeness (QED) is 0.854. The van der Waals surface area contributed by atoms with Gasteiger partial charge in [0.2, 0.25) is 0 Å². The van der Waals surface area contributed by atoms with Crippen molar-refractivity contribution in [1.82, 2.24) is 10.3 Å². The zero-order valence-electron chi connectivity index (χ0n) is 8.45. The van der Waals surface area contributed by atoms with E-state index in [9.17, 15) is 0 Å². The molecule has 1 saturated heterocycles. The van der Waals surface area contributed by atoms with E-state index in [1.165, 1.54) is 27.8 Å². The molecular formula is C10H16N2S2. The number of rotatable bonds is 4. The monoisotopic (exact) mass is 228 g/mol. The summed E-state index contributed by atoms with van der Waals surface area (Å²) in [6.07, 6.45) is 4.38. The van der Waals surface area contributed by atoms with E-state index in [1.54, 1.807) is 0 Å². The smallest absolute Gasteiger partial charge is 0.0940 e. The number of hydrogen-bond donors (Lipinski definition) is 1. The minimum Gasteiger partial charge on any atom is -0.313 e. The Morgan fingerprint density at radius 2 is 2.57 bits per heavy atom. The molecule has 14 heavy (non-hydrogen) atoms. The largest absolute Gasteiger partial charge is 0.313 e. The van der Waals surface area contributed by atoms with Gasteiger partial charge in [0.15, 0.2) is 0 Å². The van der Waals surface area contributed by atoms with Gasteiger partial charge in [0.05, 0.1) is 5.01 Å². The molecule has 1 aromatic rings. The van der Waals surface area contributed by atoms with Gasteiger partial charge in [-0.15, -0.1) is 11.3 Å². The van der Waals surface area contributed by atoms with Gasteiger partial charge in [0.25, 0.3) is 0 Å². The first-order chi connectivity index (χ1) is 6.84. The summed E-state index contributed by atoms with van der Waals surface area (Å²) >= 11 is 3.87. The van der Waals surface area contributed by atoms with Gasteiger partial charge in [0, 0.05) is 35.8 Å². The van der Waals surface area contributed by atoms with E-state index in [0.717, 1.165) is 19.0 Å². The number of aryl methyl sites for hydroxylation is 1. The zero-order chi connectivity index (χ0) is 9.80. The average Bonchev–Trinajstić information content (AvgIpc) is 2.77. The summed E-state index contributed by atoms with van der Waals surface area (Å²) in [5, 5.41) is 4.85. The molecule has 1 N–H and O–H groups in total. The molecule has 2 rings (SSSR count). The highest BCUT2D eigenvalue weighted by atomic mass is 32.2. The Balaban J connectivity index is 1.67. The van der Waals surface area contributed by atoms with E-state index in [-0.39, 0.29) is 0 Å². The van der Waals surface area contributed by atoms with E-state index >= 15 is 0 Å². The highest BCUT2D eigenvalue weighted by Gasteiger charge is 2.13. The Bertz CT molecular complexity index is 279. The maximum absolute atomic E-state index is 4.35. The fourth-order valence-corrected chi connectivity index (χ4v) is 3.57. The number of nitrogens with zero attached hydrogens (tertiary/aromatic N) is 1. The van der Waals surface area contributed by atoms with Crippen molar-refractivity contribution in [2.45, 2.75) is 25.8 Å². The second-order valence-electron chi connectivity index (χ2n) is 3.63.